The summed E-state index contributed by atoms with van der Waals surface area (Å²) in [5.74, 6) is -1.02. The molecule has 0 amide bonds. The Morgan fingerprint density at radius 2 is 1.68 bits per heavy atom. The summed E-state index contributed by atoms with van der Waals surface area (Å²) in [6.07, 6.45) is 3.65. The predicted octanol–water partition coefficient (Wildman–Crippen LogP) is 3.00. The number of Topliss-reactive ketones (excluding diaryl/α,β-unsaturated/α-hetero) is 1. The van der Waals surface area contributed by atoms with Crippen molar-refractivity contribution in [3.63, 3.8) is 0 Å². The molecule has 0 aromatic carbocycles. The third-order valence-electron chi connectivity index (χ3n) is 4.22. The van der Waals surface area contributed by atoms with Crippen LogP contribution in [0.15, 0.2) is 0 Å². The Morgan fingerprint density at radius 1 is 1.16 bits per heavy atom. The van der Waals surface area contributed by atoms with E-state index in [1.54, 1.807) is 6.92 Å². The van der Waals surface area contributed by atoms with E-state index in [0.29, 0.717) is 19.3 Å². The highest BCUT2D eigenvalue weighted by molar-refractivity contribution is 5.81. The first-order chi connectivity index (χ1) is 8.79. The molecule has 4 heteroatoms. The molecule has 0 spiro atoms. The third kappa shape index (κ3) is 6.19. The molecular formula is C15H29NO3. The van der Waals surface area contributed by atoms with Crippen LogP contribution >= 0.6 is 0 Å². The monoisotopic (exact) mass is 271 g/mol. The Bertz CT molecular complexity index is 298. The summed E-state index contributed by atoms with van der Waals surface area (Å²) in [6, 6.07) is -0.238. The zero-order valence-electron chi connectivity index (χ0n) is 13.0. The van der Waals surface area contributed by atoms with Crippen molar-refractivity contribution in [2.24, 2.45) is 5.92 Å². The molecule has 0 saturated heterocycles. The third-order valence-corrected chi connectivity index (χ3v) is 4.22. The van der Waals surface area contributed by atoms with Crippen LogP contribution in [0.1, 0.15) is 66.7 Å². The molecule has 4 nitrogen and oxygen atoms in total. The Labute approximate surface area is 117 Å². The van der Waals surface area contributed by atoms with Gasteiger partial charge in [0.1, 0.15) is 5.78 Å². The molecule has 112 valence electrons. The van der Waals surface area contributed by atoms with E-state index in [1.165, 1.54) is 0 Å². The first-order valence-electron chi connectivity index (χ1n) is 7.30. The van der Waals surface area contributed by atoms with Crippen molar-refractivity contribution in [2.75, 3.05) is 0 Å². The molecule has 0 radical (unpaired) electrons. The summed E-state index contributed by atoms with van der Waals surface area (Å²) in [7, 11) is 0. The number of carboxylic acids is 1. The average molecular weight is 271 g/mol. The fourth-order valence-electron chi connectivity index (χ4n) is 2.12. The minimum atomic E-state index is -0.765. The molecule has 0 aromatic rings. The zero-order chi connectivity index (χ0) is 15.1. The number of carboxylic acid groups (broad SMARTS) is 1. The van der Waals surface area contributed by atoms with Gasteiger partial charge < -0.3 is 10.4 Å². The lowest BCUT2D eigenvalue weighted by atomic mass is 9.90. The van der Waals surface area contributed by atoms with Crippen LogP contribution in [-0.4, -0.2) is 28.4 Å². The van der Waals surface area contributed by atoms with Gasteiger partial charge in [-0.25, -0.2) is 0 Å². The van der Waals surface area contributed by atoms with Crippen LogP contribution in [0.2, 0.25) is 0 Å². The molecule has 2 atom stereocenters. The fourth-order valence-corrected chi connectivity index (χ4v) is 2.12. The van der Waals surface area contributed by atoms with Gasteiger partial charge >= 0.3 is 5.97 Å². The number of nitrogens with one attached hydrogen (secondary N) is 1. The molecule has 19 heavy (non-hydrogen) atoms. The van der Waals surface area contributed by atoms with Crippen molar-refractivity contribution >= 4 is 11.8 Å². The molecule has 0 aliphatic carbocycles. The van der Waals surface area contributed by atoms with Crippen LogP contribution in [0, 0.1) is 5.92 Å². The molecule has 0 heterocycles. The zero-order valence-corrected chi connectivity index (χ0v) is 13.0. The second kappa shape index (κ2) is 8.31. The lowest BCUT2D eigenvalue weighted by Gasteiger charge is -2.33. The number of hydrogen-bond acceptors (Lipinski definition) is 3. The van der Waals surface area contributed by atoms with Gasteiger partial charge in [-0.2, -0.15) is 0 Å². The summed E-state index contributed by atoms with van der Waals surface area (Å²) in [5.41, 5.74) is -0.0543. The van der Waals surface area contributed by atoms with Crippen LogP contribution < -0.4 is 5.32 Å². The minimum Gasteiger partial charge on any atom is -0.481 e. The van der Waals surface area contributed by atoms with Crippen LogP contribution in [0.4, 0.5) is 0 Å². The van der Waals surface area contributed by atoms with Gasteiger partial charge in [0.2, 0.25) is 0 Å². The second-order valence-corrected chi connectivity index (χ2v) is 5.60. The fraction of sp³-hybridized carbons (Fsp3) is 0.867. The smallest absolute Gasteiger partial charge is 0.306 e. The summed E-state index contributed by atoms with van der Waals surface area (Å²) in [4.78, 5) is 22.7. The van der Waals surface area contributed by atoms with Crippen molar-refractivity contribution < 1.29 is 14.7 Å². The van der Waals surface area contributed by atoms with E-state index in [9.17, 15) is 9.59 Å². The molecule has 0 aliphatic heterocycles. The SMILES string of the molecule is CCC(CCC(NC(C)(CC)CC)C(C)=O)C(=O)O. The summed E-state index contributed by atoms with van der Waals surface area (Å²) in [6.45, 7) is 9.75. The highest BCUT2D eigenvalue weighted by Gasteiger charge is 2.27. The van der Waals surface area contributed by atoms with E-state index in [2.05, 4.69) is 26.1 Å². The number of aliphatic carboxylic acids is 1. The summed E-state index contributed by atoms with van der Waals surface area (Å²) < 4.78 is 0. The predicted molar refractivity (Wildman–Crippen MR) is 77.2 cm³/mol. The van der Waals surface area contributed by atoms with E-state index in [1.807, 2.05) is 6.92 Å². The molecule has 0 saturated carbocycles. The Hall–Kier alpha value is -0.900. The maximum atomic E-state index is 11.7. The van der Waals surface area contributed by atoms with E-state index < -0.39 is 5.97 Å². The maximum absolute atomic E-state index is 11.7. The molecule has 0 rings (SSSR count). The van der Waals surface area contributed by atoms with Gasteiger partial charge in [-0.15, -0.1) is 0 Å². The summed E-state index contributed by atoms with van der Waals surface area (Å²) >= 11 is 0. The maximum Gasteiger partial charge on any atom is 0.306 e. The Balaban J connectivity index is 4.59. The van der Waals surface area contributed by atoms with E-state index >= 15 is 0 Å². The van der Waals surface area contributed by atoms with Crippen molar-refractivity contribution in [3.05, 3.63) is 0 Å². The quantitative estimate of drug-likeness (QED) is 0.641. The van der Waals surface area contributed by atoms with Gasteiger partial charge in [0.05, 0.1) is 12.0 Å². The molecule has 2 unspecified atom stereocenters. The van der Waals surface area contributed by atoms with Gasteiger partial charge in [0.15, 0.2) is 0 Å². The number of carbonyl (C=O) groups is 2. The lowest BCUT2D eigenvalue weighted by Crippen LogP contribution is -2.50. The molecular weight excluding hydrogens is 242 g/mol. The molecule has 0 bridgehead atoms. The standard InChI is InChI=1S/C15H29NO3/c1-6-12(14(18)19)9-10-13(11(4)17)16-15(5,7-2)8-3/h12-13,16H,6-10H2,1-5H3,(H,18,19). The minimum absolute atomic E-state index is 0.0543. The van der Waals surface area contributed by atoms with Gasteiger partial charge in [0, 0.05) is 5.54 Å². The van der Waals surface area contributed by atoms with Crippen LogP contribution in [0.3, 0.4) is 0 Å². The Morgan fingerprint density at radius 3 is 2.00 bits per heavy atom. The van der Waals surface area contributed by atoms with Crippen LogP contribution in [0.5, 0.6) is 0 Å². The van der Waals surface area contributed by atoms with E-state index in [4.69, 9.17) is 5.11 Å². The highest BCUT2D eigenvalue weighted by Crippen LogP contribution is 2.19. The van der Waals surface area contributed by atoms with Gasteiger partial charge in [0.25, 0.3) is 0 Å². The van der Waals surface area contributed by atoms with Crippen molar-refractivity contribution in [1.82, 2.24) is 5.32 Å². The summed E-state index contributed by atoms with van der Waals surface area (Å²) in [5, 5.41) is 12.4. The van der Waals surface area contributed by atoms with Crippen LogP contribution in [-0.2, 0) is 9.59 Å². The number of ketones is 1. The first kappa shape index (κ1) is 18.1. The van der Waals surface area contributed by atoms with E-state index in [0.717, 1.165) is 12.8 Å². The van der Waals surface area contributed by atoms with Crippen LogP contribution in [0.25, 0.3) is 0 Å². The molecule has 0 aliphatic rings. The second-order valence-electron chi connectivity index (χ2n) is 5.60. The highest BCUT2D eigenvalue weighted by atomic mass is 16.4. The topological polar surface area (TPSA) is 66.4 Å². The van der Waals surface area contributed by atoms with Gasteiger partial charge in [-0.1, -0.05) is 20.8 Å². The van der Waals surface area contributed by atoms with Crippen molar-refractivity contribution in [3.8, 4) is 0 Å². The first-order valence-corrected chi connectivity index (χ1v) is 7.30. The van der Waals surface area contributed by atoms with Crippen molar-refractivity contribution in [2.45, 2.75) is 78.3 Å². The average Bonchev–Trinajstić information content (AvgIpc) is 2.37. The number of hydrogen-bond donors (Lipinski definition) is 2. The molecule has 0 fully saturated rings. The molecule has 2 N–H and O–H groups in total. The van der Waals surface area contributed by atoms with E-state index in [-0.39, 0.29) is 23.3 Å². The lowest BCUT2D eigenvalue weighted by molar-refractivity contribution is -0.142. The largest absolute Gasteiger partial charge is 0.481 e. The Kier molecular flexibility index (Phi) is 7.91. The molecule has 0 aromatic heterocycles. The normalized spacial score (nSPS) is 15.0. The van der Waals surface area contributed by atoms with Crippen molar-refractivity contribution in [1.29, 1.82) is 0 Å². The number of rotatable bonds is 10. The number of carbonyl (C=O) groups excluding carboxylic acids is 1. The van der Waals surface area contributed by atoms with Gasteiger partial charge in [-0.3, -0.25) is 9.59 Å². The van der Waals surface area contributed by atoms with Gasteiger partial charge in [-0.05, 0) is 46.0 Å².